The number of phenolic OH excluding ortho intramolecular Hbond substituents is 1. The van der Waals surface area contributed by atoms with Crippen molar-refractivity contribution in [3.8, 4) is 11.5 Å². The van der Waals surface area contributed by atoms with Gasteiger partial charge >= 0.3 is 6.18 Å². The number of hydrogen-bond acceptors (Lipinski definition) is 2. The van der Waals surface area contributed by atoms with Gasteiger partial charge in [-0.05, 0) is 31.0 Å². The second-order valence-corrected chi connectivity index (χ2v) is 3.57. The van der Waals surface area contributed by atoms with Gasteiger partial charge in [0.2, 0.25) is 0 Å². The molecule has 0 radical (unpaired) electrons. The average Bonchev–Trinajstić information content (AvgIpc) is 2.09. The van der Waals surface area contributed by atoms with Crippen LogP contribution in [0.1, 0.15) is 18.4 Å². The van der Waals surface area contributed by atoms with E-state index in [4.69, 9.17) is 4.74 Å². The number of hydrogen-bond donors (Lipinski definition) is 1. The Bertz CT molecular complexity index is 327. The molecule has 0 aliphatic carbocycles. The van der Waals surface area contributed by atoms with Crippen LogP contribution in [0.3, 0.4) is 0 Å². The van der Waals surface area contributed by atoms with E-state index in [2.05, 4.69) is 0 Å². The molecule has 1 rings (SSSR count). The van der Waals surface area contributed by atoms with Gasteiger partial charge in [-0.3, -0.25) is 0 Å². The molecule has 0 fully saturated rings. The maximum absolute atomic E-state index is 11.8. The highest BCUT2D eigenvalue weighted by molar-refractivity contribution is 5.36. The molecule has 90 valence electrons. The zero-order valence-corrected chi connectivity index (χ0v) is 8.84. The van der Waals surface area contributed by atoms with Crippen LogP contribution >= 0.6 is 0 Å². The molecule has 0 aliphatic rings. The van der Waals surface area contributed by atoms with E-state index in [1.807, 2.05) is 0 Å². The van der Waals surface area contributed by atoms with Crippen molar-refractivity contribution in [3.05, 3.63) is 23.8 Å². The number of alkyl halides is 3. The summed E-state index contributed by atoms with van der Waals surface area (Å²) in [5.74, 6) is 0.436. The van der Waals surface area contributed by atoms with Crippen molar-refractivity contribution in [2.75, 3.05) is 6.61 Å². The lowest BCUT2D eigenvalue weighted by Crippen LogP contribution is -2.09. The highest BCUT2D eigenvalue weighted by atomic mass is 19.4. The van der Waals surface area contributed by atoms with Crippen molar-refractivity contribution >= 4 is 0 Å². The summed E-state index contributed by atoms with van der Waals surface area (Å²) in [6, 6.07) is 4.58. The van der Waals surface area contributed by atoms with Crippen LogP contribution in [0.4, 0.5) is 13.2 Å². The molecule has 0 heterocycles. The molecule has 2 nitrogen and oxygen atoms in total. The largest absolute Gasteiger partial charge is 0.508 e. The van der Waals surface area contributed by atoms with E-state index in [9.17, 15) is 18.3 Å². The van der Waals surface area contributed by atoms with Gasteiger partial charge in [-0.2, -0.15) is 13.2 Å². The van der Waals surface area contributed by atoms with E-state index < -0.39 is 12.6 Å². The van der Waals surface area contributed by atoms with Gasteiger partial charge in [-0.1, -0.05) is 0 Å². The SMILES string of the molecule is Cc1cc(O)cc(OCCCC(F)(F)F)c1. The quantitative estimate of drug-likeness (QED) is 0.809. The summed E-state index contributed by atoms with van der Waals surface area (Å²) in [5, 5.41) is 9.22. The topological polar surface area (TPSA) is 29.5 Å². The van der Waals surface area contributed by atoms with Crippen molar-refractivity contribution in [1.29, 1.82) is 0 Å². The Morgan fingerprint density at radius 3 is 2.50 bits per heavy atom. The van der Waals surface area contributed by atoms with Crippen molar-refractivity contribution < 1.29 is 23.0 Å². The molecule has 16 heavy (non-hydrogen) atoms. The van der Waals surface area contributed by atoms with E-state index in [0.717, 1.165) is 5.56 Å². The third-order valence-corrected chi connectivity index (χ3v) is 1.91. The number of rotatable bonds is 4. The molecule has 0 saturated carbocycles. The number of ether oxygens (including phenoxy) is 1. The second-order valence-electron chi connectivity index (χ2n) is 3.57. The standard InChI is InChI=1S/C11H13F3O2/c1-8-5-9(15)7-10(6-8)16-4-2-3-11(12,13)14/h5-7,15H,2-4H2,1H3. The molecular weight excluding hydrogens is 221 g/mol. The Hall–Kier alpha value is -1.39. The first kappa shape index (κ1) is 12.7. The van der Waals surface area contributed by atoms with Crippen LogP contribution in [0.15, 0.2) is 18.2 Å². The lowest BCUT2D eigenvalue weighted by Gasteiger charge is -2.09. The molecule has 0 aromatic heterocycles. The van der Waals surface area contributed by atoms with Gasteiger partial charge < -0.3 is 9.84 Å². The van der Waals surface area contributed by atoms with Gasteiger partial charge in [0, 0.05) is 12.5 Å². The first-order chi connectivity index (χ1) is 7.37. The van der Waals surface area contributed by atoms with Crippen LogP contribution in [0.2, 0.25) is 0 Å². The second kappa shape index (κ2) is 5.09. The normalized spacial score (nSPS) is 11.5. The fourth-order valence-corrected chi connectivity index (χ4v) is 1.27. The summed E-state index contributed by atoms with van der Waals surface area (Å²) in [4.78, 5) is 0. The minimum absolute atomic E-state index is 0.0115. The molecule has 0 amide bonds. The minimum Gasteiger partial charge on any atom is -0.508 e. The number of benzene rings is 1. The van der Waals surface area contributed by atoms with Gasteiger partial charge in [-0.15, -0.1) is 0 Å². The number of halogens is 3. The lowest BCUT2D eigenvalue weighted by molar-refractivity contribution is -0.136. The van der Waals surface area contributed by atoms with E-state index in [-0.39, 0.29) is 18.8 Å². The monoisotopic (exact) mass is 234 g/mol. The van der Waals surface area contributed by atoms with Crippen molar-refractivity contribution in [1.82, 2.24) is 0 Å². The maximum atomic E-state index is 11.8. The molecular formula is C11H13F3O2. The van der Waals surface area contributed by atoms with E-state index >= 15 is 0 Å². The first-order valence-corrected chi connectivity index (χ1v) is 4.87. The fourth-order valence-electron chi connectivity index (χ4n) is 1.27. The Morgan fingerprint density at radius 1 is 1.25 bits per heavy atom. The van der Waals surface area contributed by atoms with Gasteiger partial charge in [0.1, 0.15) is 11.5 Å². The molecule has 0 spiro atoms. The molecule has 0 atom stereocenters. The average molecular weight is 234 g/mol. The summed E-state index contributed by atoms with van der Waals surface area (Å²) >= 11 is 0. The van der Waals surface area contributed by atoms with Crippen molar-refractivity contribution in [3.63, 3.8) is 0 Å². The van der Waals surface area contributed by atoms with Crippen LogP contribution in [-0.2, 0) is 0 Å². The molecule has 1 N–H and O–H groups in total. The van der Waals surface area contributed by atoms with Gasteiger partial charge in [0.05, 0.1) is 6.61 Å². The number of aromatic hydroxyl groups is 1. The van der Waals surface area contributed by atoms with Crippen LogP contribution < -0.4 is 4.74 Å². The zero-order valence-electron chi connectivity index (χ0n) is 8.84. The Balaban J connectivity index is 2.37. The van der Waals surface area contributed by atoms with Crippen LogP contribution in [-0.4, -0.2) is 17.9 Å². The van der Waals surface area contributed by atoms with Crippen molar-refractivity contribution in [2.45, 2.75) is 25.9 Å². The minimum atomic E-state index is -4.14. The molecule has 0 bridgehead atoms. The Kier molecular flexibility index (Phi) is 4.04. The van der Waals surface area contributed by atoms with Crippen LogP contribution in [0.25, 0.3) is 0 Å². The van der Waals surface area contributed by atoms with Gasteiger partial charge in [0.25, 0.3) is 0 Å². The van der Waals surface area contributed by atoms with Crippen LogP contribution in [0.5, 0.6) is 11.5 Å². The highest BCUT2D eigenvalue weighted by Crippen LogP contribution is 2.23. The summed E-state index contributed by atoms with van der Waals surface area (Å²) < 4.78 is 40.5. The summed E-state index contributed by atoms with van der Waals surface area (Å²) in [7, 11) is 0. The van der Waals surface area contributed by atoms with E-state index in [1.165, 1.54) is 6.07 Å². The fraction of sp³-hybridized carbons (Fsp3) is 0.455. The predicted molar refractivity (Wildman–Crippen MR) is 53.6 cm³/mol. The maximum Gasteiger partial charge on any atom is 0.389 e. The smallest absolute Gasteiger partial charge is 0.389 e. The molecule has 1 aromatic carbocycles. The number of aryl methyl sites for hydroxylation is 1. The van der Waals surface area contributed by atoms with Crippen molar-refractivity contribution in [2.24, 2.45) is 0 Å². The van der Waals surface area contributed by atoms with E-state index in [1.54, 1.807) is 19.1 Å². The predicted octanol–water partition coefficient (Wildman–Crippen LogP) is 3.42. The number of phenols is 1. The Morgan fingerprint density at radius 2 is 1.94 bits per heavy atom. The van der Waals surface area contributed by atoms with Gasteiger partial charge in [-0.25, -0.2) is 0 Å². The Labute approximate surface area is 91.7 Å². The van der Waals surface area contributed by atoms with E-state index in [0.29, 0.717) is 5.75 Å². The lowest BCUT2D eigenvalue weighted by atomic mass is 10.2. The molecule has 0 unspecified atom stereocenters. The summed E-state index contributed by atoms with van der Waals surface area (Å²) in [6.45, 7) is 1.75. The third-order valence-electron chi connectivity index (χ3n) is 1.91. The highest BCUT2D eigenvalue weighted by Gasteiger charge is 2.26. The molecule has 5 heteroatoms. The summed E-state index contributed by atoms with van der Waals surface area (Å²) in [5.41, 5.74) is 0.797. The zero-order chi connectivity index (χ0) is 12.2. The third kappa shape index (κ3) is 4.91. The van der Waals surface area contributed by atoms with Gasteiger partial charge in [0.15, 0.2) is 0 Å². The molecule has 0 aliphatic heterocycles. The molecule has 0 saturated heterocycles. The van der Waals surface area contributed by atoms with Crippen LogP contribution in [0, 0.1) is 6.92 Å². The first-order valence-electron chi connectivity index (χ1n) is 4.87. The summed E-state index contributed by atoms with van der Waals surface area (Å²) in [6.07, 6.45) is -5.08. The molecule has 1 aromatic rings.